The van der Waals surface area contributed by atoms with Crippen LogP contribution in [0, 0.1) is 6.57 Å². The number of benzene rings is 7. The SMILES string of the molecule is [C-]#[N+]/C(=C\c1ccc(-c2ccc(-c3ccc(N(c4cc(-c5ccccc5)cc(-c5ccccc5)c4)c4cc(-c5ccccc5)cc(-c5ccccc5)c4)cc3)s2)s1)C(=O)O. The van der Waals surface area contributed by atoms with Crippen molar-refractivity contribution in [2.75, 3.05) is 4.90 Å². The molecule has 0 aliphatic heterocycles. The van der Waals surface area contributed by atoms with E-state index in [4.69, 9.17) is 6.57 Å². The standard InChI is InChI=1S/C54H36N2O2S2/c1-55-50(54(57)58)36-49-26-27-52(59-49)53-29-28-51(60-53)41-22-24-46(25-23-41)56(47-32-42(37-14-6-2-7-15-37)30-43(33-47)38-16-8-3-9-17-38)48-34-44(39-18-10-4-11-19-39)31-45(35-48)40-20-12-5-13-21-40/h2-36H,(H,57,58)/b50-36-. The number of aliphatic carboxylic acids is 1. The van der Waals surface area contributed by atoms with Crippen molar-refractivity contribution in [3.63, 3.8) is 0 Å². The highest BCUT2D eigenvalue weighted by atomic mass is 32.1. The van der Waals surface area contributed by atoms with Crippen LogP contribution in [-0.4, -0.2) is 11.1 Å². The van der Waals surface area contributed by atoms with E-state index in [1.165, 1.54) is 17.4 Å². The summed E-state index contributed by atoms with van der Waals surface area (Å²) in [6, 6.07) is 72.9. The molecule has 0 atom stereocenters. The molecule has 0 aliphatic carbocycles. The lowest BCUT2D eigenvalue weighted by atomic mass is 9.95. The lowest BCUT2D eigenvalue weighted by Gasteiger charge is -2.28. The Kier molecular flexibility index (Phi) is 10.8. The summed E-state index contributed by atoms with van der Waals surface area (Å²) in [5.74, 6) is -1.22. The molecule has 1 N–H and O–H groups in total. The molecule has 4 nitrogen and oxygen atoms in total. The number of carboxylic acids is 1. The smallest absolute Gasteiger partial charge is 0.333 e. The summed E-state index contributed by atoms with van der Waals surface area (Å²) in [4.78, 5) is 20.9. The number of anilines is 3. The van der Waals surface area contributed by atoms with E-state index in [1.54, 1.807) is 11.3 Å². The number of hydrogen-bond donors (Lipinski definition) is 1. The summed E-state index contributed by atoms with van der Waals surface area (Å²) in [6.45, 7) is 7.21. The average Bonchev–Trinajstić information content (AvgIpc) is 4.00. The van der Waals surface area contributed by atoms with Gasteiger partial charge in [0.25, 0.3) is 5.70 Å². The molecule has 9 rings (SSSR count). The molecule has 2 heterocycles. The lowest BCUT2D eigenvalue weighted by molar-refractivity contribution is -0.132. The second kappa shape index (κ2) is 17.1. The third-order valence-electron chi connectivity index (χ3n) is 10.3. The van der Waals surface area contributed by atoms with Crippen molar-refractivity contribution >= 4 is 51.8 Å². The van der Waals surface area contributed by atoms with E-state index >= 15 is 0 Å². The minimum atomic E-state index is -1.22. The normalized spacial score (nSPS) is 11.2. The van der Waals surface area contributed by atoms with Gasteiger partial charge in [0, 0.05) is 36.6 Å². The molecule has 7 aromatic carbocycles. The van der Waals surface area contributed by atoms with Crippen LogP contribution in [0.5, 0.6) is 0 Å². The lowest BCUT2D eigenvalue weighted by Crippen LogP contribution is -2.11. The first-order valence-electron chi connectivity index (χ1n) is 19.4. The van der Waals surface area contributed by atoms with Crippen molar-refractivity contribution in [2.24, 2.45) is 0 Å². The molecule has 6 heteroatoms. The molecule has 0 radical (unpaired) electrons. The van der Waals surface area contributed by atoms with Crippen LogP contribution in [0.1, 0.15) is 4.88 Å². The minimum absolute atomic E-state index is 0.296. The van der Waals surface area contributed by atoms with E-state index in [2.05, 4.69) is 204 Å². The highest BCUT2D eigenvalue weighted by Crippen LogP contribution is 2.44. The van der Waals surface area contributed by atoms with Gasteiger partial charge in [0.2, 0.25) is 0 Å². The molecule has 286 valence electrons. The van der Waals surface area contributed by atoms with Crippen molar-refractivity contribution < 1.29 is 9.90 Å². The fourth-order valence-corrected chi connectivity index (χ4v) is 9.40. The van der Waals surface area contributed by atoms with Crippen LogP contribution in [-0.2, 0) is 4.79 Å². The topological polar surface area (TPSA) is 44.9 Å². The van der Waals surface area contributed by atoms with Gasteiger partial charge in [0.05, 0.1) is 6.57 Å². The van der Waals surface area contributed by atoms with E-state index in [0.29, 0.717) is 0 Å². The maximum atomic E-state index is 11.4. The van der Waals surface area contributed by atoms with Gasteiger partial charge in [-0.1, -0.05) is 133 Å². The highest BCUT2D eigenvalue weighted by Gasteiger charge is 2.19. The first kappa shape index (κ1) is 38.0. The van der Waals surface area contributed by atoms with E-state index in [0.717, 1.165) is 86.6 Å². The van der Waals surface area contributed by atoms with Crippen LogP contribution >= 0.6 is 22.7 Å². The summed E-state index contributed by atoms with van der Waals surface area (Å²) in [5, 5.41) is 9.33. The zero-order valence-corrected chi connectivity index (χ0v) is 33.9. The largest absolute Gasteiger partial charge is 0.486 e. The summed E-state index contributed by atoms with van der Waals surface area (Å²) in [7, 11) is 0. The molecule has 0 fully saturated rings. The predicted octanol–water partition coefficient (Wildman–Crippen LogP) is 15.6. The quantitative estimate of drug-likeness (QED) is 0.105. The Bertz CT molecular complexity index is 2760. The third-order valence-corrected chi connectivity index (χ3v) is 12.6. The minimum Gasteiger partial charge on any atom is -0.486 e. The van der Waals surface area contributed by atoms with Gasteiger partial charge in [-0.15, -0.1) is 22.7 Å². The van der Waals surface area contributed by atoms with E-state index < -0.39 is 5.97 Å². The van der Waals surface area contributed by atoms with Crippen molar-refractivity contribution in [1.82, 2.24) is 0 Å². The van der Waals surface area contributed by atoms with Gasteiger partial charge in [0.1, 0.15) is 0 Å². The monoisotopic (exact) mass is 808 g/mol. The molecule has 0 spiro atoms. The number of carbonyl (C=O) groups is 1. The van der Waals surface area contributed by atoms with Gasteiger partial charge < -0.3 is 10.0 Å². The summed E-state index contributed by atoms with van der Waals surface area (Å²) in [6.07, 6.45) is 1.43. The van der Waals surface area contributed by atoms with Gasteiger partial charge in [-0.25, -0.2) is 4.85 Å². The van der Waals surface area contributed by atoms with Crippen LogP contribution in [0.15, 0.2) is 212 Å². The molecule has 60 heavy (non-hydrogen) atoms. The molecule has 0 bridgehead atoms. The molecule has 0 amide bonds. The molecule has 0 saturated heterocycles. The Hall–Kier alpha value is -7.56. The Labute approximate surface area is 357 Å². The van der Waals surface area contributed by atoms with Crippen LogP contribution in [0.2, 0.25) is 0 Å². The number of hydrogen-bond acceptors (Lipinski definition) is 4. The van der Waals surface area contributed by atoms with Gasteiger partial charge >= 0.3 is 5.97 Å². The van der Waals surface area contributed by atoms with Crippen LogP contribution in [0.25, 0.3) is 75.6 Å². The fourth-order valence-electron chi connectivity index (χ4n) is 7.36. The van der Waals surface area contributed by atoms with E-state index in [-0.39, 0.29) is 5.70 Å². The second-order valence-corrected chi connectivity index (χ2v) is 16.4. The predicted molar refractivity (Wildman–Crippen MR) is 252 cm³/mol. The van der Waals surface area contributed by atoms with Gasteiger partial charge in [-0.05, 0) is 129 Å². The molecule has 2 aromatic heterocycles. The number of nitrogens with zero attached hydrogens (tertiary/aromatic N) is 2. The Morgan fingerprint density at radius 1 is 0.433 bits per heavy atom. The molecular formula is C54H36N2O2S2. The van der Waals surface area contributed by atoms with Gasteiger partial charge in [-0.2, -0.15) is 0 Å². The molecule has 0 aliphatic rings. The highest BCUT2D eigenvalue weighted by molar-refractivity contribution is 7.24. The Morgan fingerprint density at radius 3 is 1.25 bits per heavy atom. The zero-order valence-electron chi connectivity index (χ0n) is 32.3. The first-order chi connectivity index (χ1) is 29.5. The third kappa shape index (κ3) is 8.22. The Morgan fingerprint density at radius 2 is 0.833 bits per heavy atom. The van der Waals surface area contributed by atoms with E-state index in [9.17, 15) is 9.90 Å². The maximum absolute atomic E-state index is 11.4. The van der Waals surface area contributed by atoms with Crippen LogP contribution < -0.4 is 4.90 Å². The van der Waals surface area contributed by atoms with Gasteiger partial charge in [0.15, 0.2) is 0 Å². The van der Waals surface area contributed by atoms with Crippen LogP contribution in [0.4, 0.5) is 17.1 Å². The van der Waals surface area contributed by atoms with Crippen molar-refractivity contribution in [1.29, 1.82) is 0 Å². The van der Waals surface area contributed by atoms with Crippen molar-refractivity contribution in [3.05, 3.63) is 228 Å². The maximum Gasteiger partial charge on any atom is 0.333 e. The Balaban J connectivity index is 1.18. The number of thiophene rings is 2. The summed E-state index contributed by atoms with van der Waals surface area (Å²) in [5.41, 5.74) is 13.0. The second-order valence-electron chi connectivity index (χ2n) is 14.2. The van der Waals surface area contributed by atoms with Gasteiger partial charge in [-0.3, -0.25) is 4.79 Å². The number of rotatable bonds is 11. The van der Waals surface area contributed by atoms with Crippen LogP contribution in [0.3, 0.4) is 0 Å². The van der Waals surface area contributed by atoms with E-state index in [1.807, 2.05) is 12.1 Å². The molecule has 0 unspecified atom stereocenters. The summed E-state index contributed by atoms with van der Waals surface area (Å²) < 4.78 is 0. The summed E-state index contributed by atoms with van der Waals surface area (Å²) >= 11 is 3.16. The van der Waals surface area contributed by atoms with Crippen molar-refractivity contribution in [3.8, 4) is 64.7 Å². The molecule has 0 saturated carbocycles. The average molecular weight is 809 g/mol. The fraction of sp³-hybridized carbons (Fsp3) is 0. The number of carboxylic acid groups (broad SMARTS) is 1. The molecular weight excluding hydrogens is 773 g/mol. The van der Waals surface area contributed by atoms with Crippen molar-refractivity contribution in [2.45, 2.75) is 0 Å². The zero-order chi connectivity index (χ0) is 40.8. The molecule has 9 aromatic rings. The first-order valence-corrected chi connectivity index (χ1v) is 21.1.